The van der Waals surface area contributed by atoms with E-state index in [1.165, 1.54) is 23.5 Å². The smallest absolute Gasteiger partial charge is 0.329 e. The maximum absolute atomic E-state index is 12.5. The first-order valence-electron chi connectivity index (χ1n) is 7.36. The fourth-order valence-corrected chi connectivity index (χ4v) is 3.08. The molecule has 0 aliphatic heterocycles. The summed E-state index contributed by atoms with van der Waals surface area (Å²) in [6.45, 7) is 2.33. The molecule has 0 saturated heterocycles. The van der Waals surface area contributed by atoms with E-state index in [1.54, 1.807) is 12.1 Å². The molecule has 0 spiro atoms. The number of halogens is 3. The minimum absolute atomic E-state index is 0.136. The van der Waals surface area contributed by atoms with Gasteiger partial charge < -0.3 is 4.52 Å². The molecule has 2 rings (SSSR count). The van der Waals surface area contributed by atoms with Crippen LogP contribution in [0.25, 0.3) is 11.4 Å². The largest absolute Gasteiger partial charge is 0.471 e. The molecule has 1 N–H and O–H groups in total. The average Bonchev–Trinajstić information content (AvgIpc) is 3.05. The zero-order valence-corrected chi connectivity index (χ0v) is 14.4. The van der Waals surface area contributed by atoms with Crippen LogP contribution in [0.3, 0.4) is 0 Å². The van der Waals surface area contributed by atoms with E-state index >= 15 is 0 Å². The van der Waals surface area contributed by atoms with E-state index in [0.717, 1.165) is 0 Å². The molecule has 0 amide bonds. The van der Waals surface area contributed by atoms with Crippen molar-refractivity contribution in [3.8, 4) is 11.4 Å². The van der Waals surface area contributed by atoms with Gasteiger partial charge in [0.15, 0.2) is 0 Å². The van der Waals surface area contributed by atoms with Gasteiger partial charge in [0.1, 0.15) is 0 Å². The minimum atomic E-state index is -4.70. The predicted octanol–water partition coefficient (Wildman–Crippen LogP) is 2.43. The van der Waals surface area contributed by atoms with Crippen molar-refractivity contribution in [1.82, 2.24) is 19.2 Å². The lowest BCUT2D eigenvalue weighted by molar-refractivity contribution is -0.159. The standard InChI is InChI=1S/C14H17F3N4O3S/c1-3-8-21(25(22,23)18-2)9-10-4-6-11(7-5-10)12-19-13(24-20-12)14(15,16)17/h4-7,18H,3,8-9H2,1-2H3. The molecule has 0 atom stereocenters. The van der Waals surface area contributed by atoms with Crippen LogP contribution < -0.4 is 4.72 Å². The van der Waals surface area contributed by atoms with Crippen LogP contribution in [-0.4, -0.2) is 36.5 Å². The summed E-state index contributed by atoms with van der Waals surface area (Å²) in [5, 5.41) is 3.30. The minimum Gasteiger partial charge on any atom is -0.329 e. The normalized spacial score (nSPS) is 12.7. The summed E-state index contributed by atoms with van der Waals surface area (Å²) < 4.78 is 69.1. The van der Waals surface area contributed by atoms with Crippen molar-refractivity contribution in [2.45, 2.75) is 26.1 Å². The van der Waals surface area contributed by atoms with Crippen molar-refractivity contribution < 1.29 is 26.1 Å². The number of aromatic nitrogens is 2. The Bertz CT molecular complexity index is 803. The van der Waals surface area contributed by atoms with Crippen molar-refractivity contribution in [2.75, 3.05) is 13.6 Å². The Hall–Kier alpha value is -1.98. The van der Waals surface area contributed by atoms with Crippen molar-refractivity contribution >= 4 is 10.2 Å². The molecule has 1 aromatic carbocycles. The number of benzene rings is 1. The summed E-state index contributed by atoms with van der Waals surface area (Å²) in [6.07, 6.45) is -4.06. The molecule has 25 heavy (non-hydrogen) atoms. The van der Waals surface area contributed by atoms with Crippen molar-refractivity contribution in [3.05, 3.63) is 35.7 Å². The molecule has 0 aliphatic carbocycles. The Kier molecular flexibility index (Phi) is 5.80. The van der Waals surface area contributed by atoms with Crippen LogP contribution in [-0.2, 0) is 22.9 Å². The molecule has 7 nitrogen and oxygen atoms in total. The van der Waals surface area contributed by atoms with Gasteiger partial charge in [-0.05, 0) is 12.0 Å². The summed E-state index contributed by atoms with van der Waals surface area (Å²) in [7, 11) is -2.25. The molecule has 0 saturated carbocycles. The average molecular weight is 378 g/mol. The summed E-state index contributed by atoms with van der Waals surface area (Å²) in [5.74, 6) is -1.60. The number of hydrogen-bond donors (Lipinski definition) is 1. The van der Waals surface area contributed by atoms with Gasteiger partial charge in [-0.3, -0.25) is 0 Å². The molecule has 138 valence electrons. The Morgan fingerprint density at radius 2 is 1.88 bits per heavy atom. The topological polar surface area (TPSA) is 88.3 Å². The number of alkyl halides is 3. The third-order valence-electron chi connectivity index (χ3n) is 3.31. The highest BCUT2D eigenvalue weighted by molar-refractivity contribution is 7.87. The second kappa shape index (κ2) is 7.50. The van der Waals surface area contributed by atoms with E-state index in [0.29, 0.717) is 24.1 Å². The number of nitrogens with zero attached hydrogens (tertiary/aromatic N) is 3. The second-order valence-corrected chi connectivity index (χ2v) is 7.04. The van der Waals surface area contributed by atoms with Gasteiger partial charge in [0.05, 0.1) is 0 Å². The SMILES string of the molecule is CCCN(Cc1ccc(-c2noc(C(F)(F)F)n2)cc1)S(=O)(=O)NC. The molecule has 1 aromatic heterocycles. The maximum Gasteiger partial charge on any atom is 0.471 e. The number of hydrogen-bond acceptors (Lipinski definition) is 5. The number of rotatable bonds is 7. The Balaban J connectivity index is 2.18. The Morgan fingerprint density at radius 3 is 2.36 bits per heavy atom. The summed E-state index contributed by atoms with van der Waals surface area (Å²) in [5.41, 5.74) is 1.01. The molecule has 0 aliphatic rings. The van der Waals surface area contributed by atoms with Gasteiger partial charge in [-0.1, -0.05) is 36.3 Å². The lowest BCUT2D eigenvalue weighted by atomic mass is 10.1. The highest BCUT2D eigenvalue weighted by Gasteiger charge is 2.38. The monoisotopic (exact) mass is 378 g/mol. The first-order chi connectivity index (χ1) is 11.7. The molecule has 1 heterocycles. The van der Waals surface area contributed by atoms with Gasteiger partial charge in [0.2, 0.25) is 5.82 Å². The van der Waals surface area contributed by atoms with Crippen molar-refractivity contribution in [2.24, 2.45) is 0 Å². The van der Waals surface area contributed by atoms with Crippen molar-refractivity contribution in [3.63, 3.8) is 0 Å². The summed E-state index contributed by atoms with van der Waals surface area (Å²) in [4.78, 5) is 3.31. The third kappa shape index (κ3) is 4.77. The predicted molar refractivity (Wildman–Crippen MR) is 83.4 cm³/mol. The van der Waals surface area contributed by atoms with Crippen LogP contribution in [0.4, 0.5) is 13.2 Å². The fourth-order valence-electron chi connectivity index (χ4n) is 2.08. The van der Waals surface area contributed by atoms with E-state index in [9.17, 15) is 21.6 Å². The molecular formula is C14H17F3N4O3S. The van der Waals surface area contributed by atoms with Crippen LogP contribution in [0.15, 0.2) is 28.8 Å². The number of nitrogens with one attached hydrogen (secondary N) is 1. The zero-order valence-electron chi connectivity index (χ0n) is 13.5. The van der Waals surface area contributed by atoms with Gasteiger partial charge in [0, 0.05) is 25.7 Å². The van der Waals surface area contributed by atoms with E-state index in [4.69, 9.17) is 0 Å². The van der Waals surface area contributed by atoms with Crippen LogP contribution in [0.1, 0.15) is 24.8 Å². The molecule has 0 unspecified atom stereocenters. The lowest BCUT2D eigenvalue weighted by Crippen LogP contribution is -2.38. The van der Waals surface area contributed by atoms with Crippen LogP contribution >= 0.6 is 0 Å². The van der Waals surface area contributed by atoms with Crippen LogP contribution in [0, 0.1) is 0 Å². The zero-order chi connectivity index (χ0) is 18.7. The van der Waals surface area contributed by atoms with Gasteiger partial charge in [-0.2, -0.15) is 30.9 Å². The van der Waals surface area contributed by atoms with E-state index in [-0.39, 0.29) is 12.4 Å². The first kappa shape index (κ1) is 19.3. The van der Waals surface area contributed by atoms with Crippen molar-refractivity contribution in [1.29, 1.82) is 0 Å². The van der Waals surface area contributed by atoms with E-state index < -0.39 is 22.3 Å². The third-order valence-corrected chi connectivity index (χ3v) is 4.82. The first-order valence-corrected chi connectivity index (χ1v) is 8.80. The quantitative estimate of drug-likeness (QED) is 0.799. The highest BCUT2D eigenvalue weighted by Crippen LogP contribution is 2.29. The maximum atomic E-state index is 12.5. The molecule has 11 heteroatoms. The second-order valence-electron chi connectivity index (χ2n) is 5.16. The van der Waals surface area contributed by atoms with Gasteiger partial charge in [-0.25, -0.2) is 4.72 Å². The van der Waals surface area contributed by atoms with Crippen LogP contribution in [0.5, 0.6) is 0 Å². The van der Waals surface area contributed by atoms with Gasteiger partial charge >= 0.3 is 12.1 Å². The van der Waals surface area contributed by atoms with Gasteiger partial charge in [-0.15, -0.1) is 0 Å². The van der Waals surface area contributed by atoms with Gasteiger partial charge in [0.25, 0.3) is 10.2 Å². The van der Waals surface area contributed by atoms with E-state index in [1.807, 2.05) is 6.92 Å². The molecule has 0 radical (unpaired) electrons. The summed E-state index contributed by atoms with van der Waals surface area (Å²) in [6, 6.07) is 6.23. The molecule has 2 aromatic rings. The lowest BCUT2D eigenvalue weighted by Gasteiger charge is -2.20. The summed E-state index contributed by atoms with van der Waals surface area (Å²) >= 11 is 0. The fraction of sp³-hybridized carbons (Fsp3) is 0.429. The van der Waals surface area contributed by atoms with E-state index in [2.05, 4.69) is 19.4 Å². The highest BCUT2D eigenvalue weighted by atomic mass is 32.2. The Labute approximate surface area is 143 Å². The Morgan fingerprint density at radius 1 is 1.24 bits per heavy atom. The molecular weight excluding hydrogens is 361 g/mol. The molecule has 0 bridgehead atoms. The molecule has 0 fully saturated rings. The van der Waals surface area contributed by atoms with Crippen LogP contribution in [0.2, 0.25) is 0 Å².